The molecule has 0 saturated carbocycles. The lowest BCUT2D eigenvalue weighted by atomic mass is 10.1. The van der Waals surface area contributed by atoms with Crippen LogP contribution in [0.1, 0.15) is 31.3 Å². The average Bonchev–Trinajstić information content (AvgIpc) is 3.14. The van der Waals surface area contributed by atoms with E-state index in [1.54, 1.807) is 0 Å². The molecule has 0 aliphatic heterocycles. The molecule has 25 heavy (non-hydrogen) atoms. The van der Waals surface area contributed by atoms with E-state index in [1.165, 1.54) is 0 Å². The molecule has 1 unspecified atom stereocenters. The van der Waals surface area contributed by atoms with Gasteiger partial charge in [-0.3, -0.25) is 0 Å². The molecule has 130 valence electrons. The Kier molecular flexibility index (Phi) is 5.30. The molecule has 0 spiro atoms. The van der Waals surface area contributed by atoms with Gasteiger partial charge in [-0.2, -0.15) is 0 Å². The van der Waals surface area contributed by atoms with Crippen molar-refractivity contribution < 1.29 is 14.3 Å². The highest BCUT2D eigenvalue weighted by Gasteiger charge is 2.15. The molecule has 1 aromatic heterocycles. The lowest BCUT2D eigenvalue weighted by molar-refractivity contribution is 0.267. The van der Waals surface area contributed by atoms with E-state index in [4.69, 9.17) is 9.15 Å². The van der Waals surface area contributed by atoms with E-state index in [-0.39, 0.29) is 12.6 Å². The zero-order valence-electron chi connectivity index (χ0n) is 14.3. The summed E-state index contributed by atoms with van der Waals surface area (Å²) in [5.41, 5.74) is 2.46. The summed E-state index contributed by atoms with van der Waals surface area (Å²) >= 11 is 0. The molecule has 0 aliphatic rings. The van der Waals surface area contributed by atoms with Gasteiger partial charge in [0.2, 0.25) is 11.8 Å². The van der Waals surface area contributed by atoms with Gasteiger partial charge in [0.25, 0.3) is 0 Å². The molecular formula is C19H21N3O3. The number of aliphatic hydroxyl groups excluding tert-OH is 1. The lowest BCUT2D eigenvalue weighted by Gasteiger charge is -2.14. The van der Waals surface area contributed by atoms with Crippen LogP contribution in [0.4, 0.5) is 5.69 Å². The molecule has 6 nitrogen and oxygen atoms in total. The van der Waals surface area contributed by atoms with Crippen LogP contribution in [0.3, 0.4) is 0 Å². The summed E-state index contributed by atoms with van der Waals surface area (Å²) in [6.45, 7) is 4.32. The Hall–Kier alpha value is -2.86. The molecule has 3 rings (SSSR count). The largest absolute Gasteiger partial charge is 0.494 e. The smallest absolute Gasteiger partial charge is 0.247 e. The molecule has 3 aromatic rings. The molecule has 0 aliphatic carbocycles. The summed E-state index contributed by atoms with van der Waals surface area (Å²) in [6, 6.07) is 15.1. The number of benzene rings is 2. The minimum Gasteiger partial charge on any atom is -0.494 e. The molecule has 2 N–H and O–H groups in total. The summed E-state index contributed by atoms with van der Waals surface area (Å²) in [5.74, 6) is 1.68. The number of ether oxygens (including phenoxy) is 1. The lowest BCUT2D eigenvalue weighted by Crippen LogP contribution is -2.08. The highest BCUT2D eigenvalue weighted by atomic mass is 16.5. The van der Waals surface area contributed by atoms with Crippen LogP contribution in [0.15, 0.2) is 52.9 Å². The molecule has 0 saturated heterocycles. The Morgan fingerprint density at radius 3 is 2.68 bits per heavy atom. The van der Waals surface area contributed by atoms with Gasteiger partial charge in [0, 0.05) is 16.8 Å². The molecule has 0 amide bonds. The van der Waals surface area contributed by atoms with Crippen molar-refractivity contribution in [1.29, 1.82) is 0 Å². The highest BCUT2D eigenvalue weighted by molar-refractivity contribution is 5.53. The van der Waals surface area contributed by atoms with Crippen LogP contribution in [0.5, 0.6) is 5.75 Å². The first-order valence-electron chi connectivity index (χ1n) is 8.23. The summed E-state index contributed by atoms with van der Waals surface area (Å²) in [5, 5.41) is 21.0. The highest BCUT2D eigenvalue weighted by Crippen LogP contribution is 2.27. The van der Waals surface area contributed by atoms with Gasteiger partial charge in [0.15, 0.2) is 0 Å². The van der Waals surface area contributed by atoms with Gasteiger partial charge < -0.3 is 19.6 Å². The fourth-order valence-corrected chi connectivity index (χ4v) is 2.51. The van der Waals surface area contributed by atoms with Crippen LogP contribution in [-0.4, -0.2) is 21.9 Å². The quantitative estimate of drug-likeness (QED) is 0.681. The SMILES string of the molecule is CCOc1ccc(NC(C)c2nnc(-c3ccccc3)o2)cc1CO. The molecule has 0 fully saturated rings. The van der Waals surface area contributed by atoms with Crippen molar-refractivity contribution in [1.82, 2.24) is 10.2 Å². The first-order chi connectivity index (χ1) is 12.2. The van der Waals surface area contributed by atoms with Crippen LogP contribution >= 0.6 is 0 Å². The fraction of sp³-hybridized carbons (Fsp3) is 0.263. The van der Waals surface area contributed by atoms with Crippen molar-refractivity contribution in [2.45, 2.75) is 26.5 Å². The topological polar surface area (TPSA) is 80.4 Å². The monoisotopic (exact) mass is 339 g/mol. The maximum atomic E-state index is 9.50. The number of rotatable bonds is 7. The minimum absolute atomic E-state index is 0.0854. The molecule has 6 heteroatoms. The van der Waals surface area contributed by atoms with Gasteiger partial charge in [-0.05, 0) is 44.2 Å². The van der Waals surface area contributed by atoms with E-state index in [2.05, 4.69) is 15.5 Å². The predicted octanol–water partition coefficient (Wildman–Crippen LogP) is 3.80. The standard InChI is InChI=1S/C19H21N3O3/c1-3-24-17-10-9-16(11-15(17)12-23)20-13(2)18-21-22-19(25-18)14-7-5-4-6-8-14/h4-11,13,20,23H,3,12H2,1-2H3. The van der Waals surface area contributed by atoms with Crippen LogP contribution in [0, 0.1) is 0 Å². The number of aliphatic hydroxyl groups is 1. The first kappa shape index (κ1) is 17.0. The van der Waals surface area contributed by atoms with E-state index >= 15 is 0 Å². The van der Waals surface area contributed by atoms with Gasteiger partial charge in [0.05, 0.1) is 13.2 Å². The third-order valence-corrected chi connectivity index (χ3v) is 3.75. The number of hydrogen-bond donors (Lipinski definition) is 2. The zero-order chi connectivity index (χ0) is 17.6. The maximum Gasteiger partial charge on any atom is 0.247 e. The summed E-state index contributed by atoms with van der Waals surface area (Å²) < 4.78 is 11.3. The van der Waals surface area contributed by atoms with Crippen molar-refractivity contribution in [3.8, 4) is 17.2 Å². The first-order valence-corrected chi connectivity index (χ1v) is 8.23. The van der Waals surface area contributed by atoms with Crippen molar-refractivity contribution in [2.24, 2.45) is 0 Å². The van der Waals surface area contributed by atoms with Crippen LogP contribution in [0.2, 0.25) is 0 Å². The van der Waals surface area contributed by atoms with E-state index in [1.807, 2.05) is 62.4 Å². The zero-order valence-corrected chi connectivity index (χ0v) is 14.3. The number of nitrogens with zero attached hydrogens (tertiary/aromatic N) is 2. The Balaban J connectivity index is 1.74. The van der Waals surface area contributed by atoms with E-state index < -0.39 is 0 Å². The predicted molar refractivity (Wildman–Crippen MR) is 95.3 cm³/mol. The second-order valence-corrected chi connectivity index (χ2v) is 5.59. The van der Waals surface area contributed by atoms with E-state index in [0.29, 0.717) is 24.1 Å². The Labute approximate surface area is 146 Å². The normalized spacial score (nSPS) is 12.0. The fourth-order valence-electron chi connectivity index (χ4n) is 2.51. The van der Waals surface area contributed by atoms with Gasteiger partial charge >= 0.3 is 0 Å². The Morgan fingerprint density at radius 2 is 1.96 bits per heavy atom. The third kappa shape index (κ3) is 3.97. The molecule has 1 atom stereocenters. The number of nitrogens with one attached hydrogen (secondary N) is 1. The maximum absolute atomic E-state index is 9.50. The van der Waals surface area contributed by atoms with E-state index in [0.717, 1.165) is 16.8 Å². The Morgan fingerprint density at radius 1 is 1.16 bits per heavy atom. The van der Waals surface area contributed by atoms with E-state index in [9.17, 15) is 5.11 Å². The van der Waals surface area contributed by atoms with Crippen LogP contribution in [-0.2, 0) is 6.61 Å². The molecule has 2 aromatic carbocycles. The molecule has 1 heterocycles. The molecular weight excluding hydrogens is 318 g/mol. The van der Waals surface area contributed by atoms with Crippen molar-refractivity contribution in [3.63, 3.8) is 0 Å². The number of hydrogen-bond acceptors (Lipinski definition) is 6. The number of anilines is 1. The summed E-state index contributed by atoms with van der Waals surface area (Å²) in [7, 11) is 0. The summed E-state index contributed by atoms with van der Waals surface area (Å²) in [4.78, 5) is 0. The second-order valence-electron chi connectivity index (χ2n) is 5.59. The van der Waals surface area contributed by atoms with Crippen molar-refractivity contribution >= 4 is 5.69 Å². The van der Waals surface area contributed by atoms with Crippen LogP contribution in [0.25, 0.3) is 11.5 Å². The van der Waals surface area contributed by atoms with Gasteiger partial charge in [-0.25, -0.2) is 0 Å². The average molecular weight is 339 g/mol. The molecule has 0 bridgehead atoms. The minimum atomic E-state index is -0.172. The number of aromatic nitrogens is 2. The van der Waals surface area contributed by atoms with Crippen LogP contribution < -0.4 is 10.1 Å². The van der Waals surface area contributed by atoms with Gasteiger partial charge in [0.1, 0.15) is 11.8 Å². The summed E-state index contributed by atoms with van der Waals surface area (Å²) in [6.07, 6.45) is 0. The van der Waals surface area contributed by atoms with Crippen molar-refractivity contribution in [2.75, 3.05) is 11.9 Å². The second kappa shape index (κ2) is 7.81. The molecule has 0 radical (unpaired) electrons. The van der Waals surface area contributed by atoms with Crippen molar-refractivity contribution in [3.05, 3.63) is 60.0 Å². The van der Waals surface area contributed by atoms with Gasteiger partial charge in [-0.15, -0.1) is 10.2 Å². The van der Waals surface area contributed by atoms with Gasteiger partial charge in [-0.1, -0.05) is 18.2 Å². The third-order valence-electron chi connectivity index (χ3n) is 3.75. The Bertz CT molecular complexity index is 818.